The average molecular weight is 234 g/mol. The fourth-order valence-electron chi connectivity index (χ4n) is 1.39. The second-order valence-corrected chi connectivity index (χ2v) is 4.33. The van der Waals surface area contributed by atoms with Crippen LogP contribution in [-0.2, 0) is 4.79 Å². The molecule has 0 spiro atoms. The third-order valence-electron chi connectivity index (χ3n) is 2.54. The molecular formula is C10H14N6O. The number of anilines is 1. The smallest absolute Gasteiger partial charge is 0.242 e. The molecular weight excluding hydrogens is 220 g/mol. The fourth-order valence-corrected chi connectivity index (χ4v) is 1.39. The third kappa shape index (κ3) is 1.91. The number of nitrogens with zero attached hydrogens (tertiary/aromatic N) is 4. The standard InChI is InChI=1S/C10H14N6O/c1-6-14-15-8-7(12-4-5-16(6)8)13-10(2,3)9(11)17/h4-5H,1-3H3,(H2,11,17)(H,12,13). The van der Waals surface area contributed by atoms with Crippen LogP contribution in [0.2, 0.25) is 0 Å². The van der Waals surface area contributed by atoms with E-state index in [0.29, 0.717) is 11.5 Å². The highest BCUT2D eigenvalue weighted by Crippen LogP contribution is 2.17. The lowest BCUT2D eigenvalue weighted by Crippen LogP contribution is -2.45. The van der Waals surface area contributed by atoms with Gasteiger partial charge in [0, 0.05) is 12.4 Å². The molecule has 0 aliphatic rings. The molecule has 0 atom stereocenters. The van der Waals surface area contributed by atoms with Gasteiger partial charge in [-0.25, -0.2) is 4.98 Å². The Morgan fingerprint density at radius 1 is 1.47 bits per heavy atom. The van der Waals surface area contributed by atoms with Crippen LogP contribution in [0.15, 0.2) is 12.4 Å². The number of hydrogen-bond donors (Lipinski definition) is 2. The second kappa shape index (κ2) is 3.69. The number of rotatable bonds is 3. The Morgan fingerprint density at radius 2 is 2.18 bits per heavy atom. The van der Waals surface area contributed by atoms with Gasteiger partial charge in [0.1, 0.15) is 11.4 Å². The van der Waals surface area contributed by atoms with E-state index in [0.717, 1.165) is 5.82 Å². The molecule has 7 nitrogen and oxygen atoms in total. The quantitative estimate of drug-likeness (QED) is 0.785. The number of hydrogen-bond acceptors (Lipinski definition) is 5. The molecule has 7 heteroatoms. The first-order valence-corrected chi connectivity index (χ1v) is 5.16. The molecule has 0 saturated heterocycles. The van der Waals surface area contributed by atoms with Crippen molar-refractivity contribution in [1.82, 2.24) is 19.6 Å². The van der Waals surface area contributed by atoms with Gasteiger partial charge in [0.05, 0.1) is 0 Å². The van der Waals surface area contributed by atoms with E-state index in [1.54, 1.807) is 30.6 Å². The molecule has 0 fully saturated rings. The number of aryl methyl sites for hydroxylation is 1. The van der Waals surface area contributed by atoms with Crippen molar-refractivity contribution >= 4 is 17.4 Å². The van der Waals surface area contributed by atoms with Crippen LogP contribution in [0.4, 0.5) is 5.82 Å². The van der Waals surface area contributed by atoms with Crippen LogP contribution >= 0.6 is 0 Å². The van der Waals surface area contributed by atoms with Crippen molar-refractivity contribution in [3.63, 3.8) is 0 Å². The van der Waals surface area contributed by atoms with E-state index in [1.807, 2.05) is 6.92 Å². The molecule has 0 saturated carbocycles. The van der Waals surface area contributed by atoms with E-state index in [2.05, 4.69) is 20.5 Å². The summed E-state index contributed by atoms with van der Waals surface area (Å²) in [6.45, 7) is 5.20. The Kier molecular flexibility index (Phi) is 2.45. The van der Waals surface area contributed by atoms with Gasteiger partial charge in [0.25, 0.3) is 0 Å². The van der Waals surface area contributed by atoms with Gasteiger partial charge in [0.2, 0.25) is 11.6 Å². The molecule has 1 amide bonds. The predicted octanol–water partition coefficient (Wildman–Crippen LogP) is 0.109. The largest absolute Gasteiger partial charge is 0.368 e. The van der Waals surface area contributed by atoms with Crippen LogP contribution < -0.4 is 11.1 Å². The SMILES string of the molecule is Cc1nnc2c(NC(C)(C)C(N)=O)nccn12. The van der Waals surface area contributed by atoms with Crippen LogP contribution in [0.1, 0.15) is 19.7 Å². The van der Waals surface area contributed by atoms with Gasteiger partial charge in [-0.1, -0.05) is 0 Å². The molecule has 3 N–H and O–H groups in total. The van der Waals surface area contributed by atoms with Gasteiger partial charge in [-0.2, -0.15) is 0 Å². The van der Waals surface area contributed by atoms with Gasteiger partial charge in [-0.05, 0) is 20.8 Å². The molecule has 90 valence electrons. The van der Waals surface area contributed by atoms with Crippen molar-refractivity contribution < 1.29 is 4.79 Å². The summed E-state index contributed by atoms with van der Waals surface area (Å²) in [5.74, 6) is 0.775. The van der Waals surface area contributed by atoms with Crippen LogP contribution in [-0.4, -0.2) is 31.0 Å². The first-order valence-electron chi connectivity index (χ1n) is 5.16. The molecule has 2 aromatic heterocycles. The van der Waals surface area contributed by atoms with Crippen LogP contribution in [0, 0.1) is 6.92 Å². The molecule has 0 aliphatic carbocycles. The lowest BCUT2D eigenvalue weighted by atomic mass is 10.1. The molecule has 0 unspecified atom stereocenters. The zero-order valence-corrected chi connectivity index (χ0v) is 9.93. The Morgan fingerprint density at radius 3 is 2.82 bits per heavy atom. The Labute approximate surface area is 98.1 Å². The number of primary amides is 1. The Bertz CT molecular complexity index is 573. The zero-order chi connectivity index (χ0) is 12.6. The molecule has 2 aromatic rings. The summed E-state index contributed by atoms with van der Waals surface area (Å²) in [4.78, 5) is 15.4. The van der Waals surface area contributed by atoms with Crippen LogP contribution in [0.3, 0.4) is 0 Å². The van der Waals surface area contributed by atoms with Crippen molar-refractivity contribution in [2.45, 2.75) is 26.3 Å². The predicted molar refractivity (Wildman–Crippen MR) is 62.4 cm³/mol. The molecule has 2 heterocycles. The maximum Gasteiger partial charge on any atom is 0.242 e. The van der Waals surface area contributed by atoms with E-state index in [-0.39, 0.29) is 0 Å². The first kappa shape index (κ1) is 11.3. The molecule has 2 rings (SSSR count). The fraction of sp³-hybridized carbons (Fsp3) is 0.400. The van der Waals surface area contributed by atoms with E-state index in [9.17, 15) is 4.79 Å². The highest BCUT2D eigenvalue weighted by atomic mass is 16.1. The normalized spacial score (nSPS) is 11.7. The van der Waals surface area contributed by atoms with E-state index in [1.165, 1.54) is 0 Å². The number of amides is 1. The lowest BCUT2D eigenvalue weighted by Gasteiger charge is -2.22. The van der Waals surface area contributed by atoms with E-state index < -0.39 is 11.4 Å². The summed E-state index contributed by atoms with van der Waals surface area (Å²) >= 11 is 0. The number of carbonyl (C=O) groups excluding carboxylic acids is 1. The summed E-state index contributed by atoms with van der Waals surface area (Å²) in [6.07, 6.45) is 3.37. The number of nitrogens with two attached hydrogens (primary N) is 1. The molecule has 0 aliphatic heterocycles. The number of carbonyl (C=O) groups is 1. The van der Waals surface area contributed by atoms with Crippen molar-refractivity contribution in [2.75, 3.05) is 5.32 Å². The summed E-state index contributed by atoms with van der Waals surface area (Å²) in [5, 5.41) is 10.9. The lowest BCUT2D eigenvalue weighted by molar-refractivity contribution is -0.121. The van der Waals surface area contributed by atoms with Crippen molar-refractivity contribution in [2.24, 2.45) is 5.73 Å². The highest BCUT2D eigenvalue weighted by Gasteiger charge is 2.26. The highest BCUT2D eigenvalue weighted by molar-refractivity contribution is 5.87. The topological polar surface area (TPSA) is 98.2 Å². The minimum atomic E-state index is -0.894. The van der Waals surface area contributed by atoms with Crippen LogP contribution in [0.25, 0.3) is 5.65 Å². The number of nitrogens with one attached hydrogen (secondary N) is 1. The van der Waals surface area contributed by atoms with Crippen molar-refractivity contribution in [1.29, 1.82) is 0 Å². The Hall–Kier alpha value is -2.18. The Balaban J connectivity index is 2.46. The molecule has 0 radical (unpaired) electrons. The summed E-state index contributed by atoms with van der Waals surface area (Å²) in [7, 11) is 0. The zero-order valence-electron chi connectivity index (χ0n) is 9.93. The van der Waals surface area contributed by atoms with Gasteiger partial charge < -0.3 is 11.1 Å². The third-order valence-corrected chi connectivity index (χ3v) is 2.54. The van der Waals surface area contributed by atoms with Crippen molar-refractivity contribution in [3.05, 3.63) is 18.2 Å². The van der Waals surface area contributed by atoms with Gasteiger partial charge in [-0.3, -0.25) is 9.20 Å². The monoisotopic (exact) mass is 234 g/mol. The van der Waals surface area contributed by atoms with Gasteiger partial charge >= 0.3 is 0 Å². The molecule has 0 bridgehead atoms. The number of aromatic nitrogens is 4. The second-order valence-electron chi connectivity index (χ2n) is 4.33. The van der Waals surface area contributed by atoms with E-state index >= 15 is 0 Å². The molecule has 17 heavy (non-hydrogen) atoms. The first-order chi connectivity index (χ1) is 7.92. The summed E-state index contributed by atoms with van der Waals surface area (Å²) in [6, 6.07) is 0. The van der Waals surface area contributed by atoms with Crippen LogP contribution in [0.5, 0.6) is 0 Å². The summed E-state index contributed by atoms with van der Waals surface area (Å²) < 4.78 is 1.78. The van der Waals surface area contributed by atoms with Crippen molar-refractivity contribution in [3.8, 4) is 0 Å². The maximum absolute atomic E-state index is 11.3. The van der Waals surface area contributed by atoms with E-state index in [4.69, 9.17) is 5.73 Å². The average Bonchev–Trinajstić information content (AvgIpc) is 2.61. The minimum absolute atomic E-state index is 0.461. The molecule has 0 aromatic carbocycles. The maximum atomic E-state index is 11.3. The summed E-state index contributed by atoms with van der Waals surface area (Å²) in [5.41, 5.74) is 4.97. The van der Waals surface area contributed by atoms with Gasteiger partial charge in [-0.15, -0.1) is 10.2 Å². The minimum Gasteiger partial charge on any atom is -0.368 e. The van der Waals surface area contributed by atoms with Gasteiger partial charge in [0.15, 0.2) is 5.82 Å². The number of fused-ring (bicyclic) bond motifs is 1.